The van der Waals surface area contributed by atoms with E-state index in [1.165, 1.54) is 10.9 Å². The van der Waals surface area contributed by atoms with Crippen LogP contribution in [0.15, 0.2) is 15.2 Å². The number of hydrogen-bond acceptors (Lipinski definition) is 6. The lowest BCUT2D eigenvalue weighted by atomic mass is 10.2. The van der Waals surface area contributed by atoms with Crippen molar-refractivity contribution in [1.29, 1.82) is 0 Å². The molecule has 0 bridgehead atoms. The predicted molar refractivity (Wildman–Crippen MR) is 64.1 cm³/mol. The molecule has 0 saturated carbocycles. The standard InChI is InChI=1S/C9H10BrN5O3/c1-5(2)9-11-7(13-18-9)4-14-3-6(10)8(12-14)15(16)17/h3,5H,4H2,1-2H3. The zero-order chi connectivity index (χ0) is 13.3. The lowest BCUT2D eigenvalue weighted by Crippen LogP contribution is -2.03. The molecule has 2 aromatic rings. The third-order valence-corrected chi connectivity index (χ3v) is 2.71. The Bertz CT molecular complexity index is 577. The maximum Gasteiger partial charge on any atom is 0.404 e. The Balaban J connectivity index is 2.18. The molecule has 0 amide bonds. The normalized spacial score (nSPS) is 11.1. The number of rotatable bonds is 4. The Morgan fingerprint density at radius 3 is 2.83 bits per heavy atom. The summed E-state index contributed by atoms with van der Waals surface area (Å²) in [4.78, 5) is 14.2. The second-order valence-electron chi connectivity index (χ2n) is 3.96. The molecule has 0 aromatic carbocycles. The fraction of sp³-hybridized carbons (Fsp3) is 0.444. The van der Waals surface area contributed by atoms with Gasteiger partial charge in [0.2, 0.25) is 5.89 Å². The van der Waals surface area contributed by atoms with E-state index in [1.54, 1.807) is 0 Å². The fourth-order valence-corrected chi connectivity index (χ4v) is 1.76. The fourth-order valence-electron chi connectivity index (χ4n) is 1.30. The van der Waals surface area contributed by atoms with Crippen molar-refractivity contribution in [3.8, 4) is 0 Å². The van der Waals surface area contributed by atoms with E-state index in [9.17, 15) is 10.1 Å². The molecular formula is C9H10BrN5O3. The molecule has 9 heteroatoms. The van der Waals surface area contributed by atoms with Crippen LogP contribution in [0.2, 0.25) is 0 Å². The Morgan fingerprint density at radius 1 is 1.61 bits per heavy atom. The second kappa shape index (κ2) is 4.84. The summed E-state index contributed by atoms with van der Waals surface area (Å²) in [5.74, 6) is 0.877. The molecule has 2 rings (SSSR count). The first-order valence-corrected chi connectivity index (χ1v) is 5.96. The molecule has 96 valence electrons. The van der Waals surface area contributed by atoms with Crippen LogP contribution in [0.4, 0.5) is 5.82 Å². The summed E-state index contributed by atoms with van der Waals surface area (Å²) < 4.78 is 6.74. The maximum absolute atomic E-state index is 10.6. The molecule has 18 heavy (non-hydrogen) atoms. The van der Waals surface area contributed by atoms with Crippen LogP contribution in [0.5, 0.6) is 0 Å². The summed E-state index contributed by atoms with van der Waals surface area (Å²) in [7, 11) is 0. The highest BCUT2D eigenvalue weighted by Crippen LogP contribution is 2.22. The van der Waals surface area contributed by atoms with Gasteiger partial charge in [-0.25, -0.2) is 0 Å². The Labute approximate surface area is 110 Å². The van der Waals surface area contributed by atoms with E-state index >= 15 is 0 Å². The van der Waals surface area contributed by atoms with Crippen molar-refractivity contribution in [3.63, 3.8) is 0 Å². The van der Waals surface area contributed by atoms with Crippen molar-refractivity contribution in [2.45, 2.75) is 26.3 Å². The van der Waals surface area contributed by atoms with Crippen molar-refractivity contribution in [1.82, 2.24) is 19.9 Å². The van der Waals surface area contributed by atoms with Gasteiger partial charge in [-0.15, -0.1) is 0 Å². The molecule has 0 aliphatic carbocycles. The Morgan fingerprint density at radius 2 is 2.33 bits per heavy atom. The second-order valence-corrected chi connectivity index (χ2v) is 4.81. The van der Waals surface area contributed by atoms with Crippen molar-refractivity contribution < 1.29 is 9.45 Å². The number of aromatic nitrogens is 4. The first-order chi connectivity index (χ1) is 8.47. The predicted octanol–water partition coefficient (Wildman–Crippen LogP) is 2.11. The van der Waals surface area contributed by atoms with E-state index in [0.29, 0.717) is 16.2 Å². The van der Waals surface area contributed by atoms with Gasteiger partial charge in [0, 0.05) is 5.92 Å². The maximum atomic E-state index is 10.6. The molecule has 0 spiro atoms. The van der Waals surface area contributed by atoms with Crippen LogP contribution >= 0.6 is 15.9 Å². The minimum Gasteiger partial charge on any atom is -0.358 e. The highest BCUT2D eigenvalue weighted by molar-refractivity contribution is 9.10. The minimum absolute atomic E-state index is 0.143. The first kappa shape index (κ1) is 12.7. The van der Waals surface area contributed by atoms with Gasteiger partial charge in [0.15, 0.2) is 5.82 Å². The van der Waals surface area contributed by atoms with Gasteiger partial charge in [0.1, 0.15) is 11.0 Å². The van der Waals surface area contributed by atoms with Gasteiger partial charge < -0.3 is 14.6 Å². The molecule has 0 fully saturated rings. The van der Waals surface area contributed by atoms with Crippen LogP contribution < -0.4 is 0 Å². The van der Waals surface area contributed by atoms with Crippen molar-refractivity contribution in [2.75, 3.05) is 0 Å². The molecule has 0 N–H and O–H groups in total. The lowest BCUT2D eigenvalue weighted by Gasteiger charge is -1.92. The SMILES string of the molecule is CC(C)c1nc(Cn2cc(Br)c([N+](=O)[O-])n2)no1. The van der Waals surface area contributed by atoms with Crippen LogP contribution in [0, 0.1) is 10.1 Å². The van der Waals surface area contributed by atoms with Gasteiger partial charge >= 0.3 is 5.82 Å². The zero-order valence-corrected chi connectivity index (χ0v) is 11.3. The monoisotopic (exact) mass is 315 g/mol. The van der Waals surface area contributed by atoms with E-state index in [0.717, 1.165) is 0 Å². The summed E-state index contributed by atoms with van der Waals surface area (Å²) in [5, 5.41) is 18.2. The highest BCUT2D eigenvalue weighted by Gasteiger charge is 2.20. The molecule has 0 unspecified atom stereocenters. The third kappa shape index (κ3) is 2.55. The summed E-state index contributed by atoms with van der Waals surface area (Å²) in [5.41, 5.74) is 0. The topological polar surface area (TPSA) is 99.9 Å². The average Bonchev–Trinajstić information content (AvgIpc) is 2.86. The first-order valence-electron chi connectivity index (χ1n) is 5.17. The Hall–Kier alpha value is -1.77. The van der Waals surface area contributed by atoms with E-state index in [2.05, 4.69) is 31.2 Å². The molecule has 2 aromatic heterocycles. The van der Waals surface area contributed by atoms with Crippen molar-refractivity contribution in [2.24, 2.45) is 0 Å². The van der Waals surface area contributed by atoms with E-state index in [4.69, 9.17) is 4.52 Å². The number of nitrogens with zero attached hydrogens (tertiary/aromatic N) is 5. The summed E-state index contributed by atoms with van der Waals surface area (Å²) in [6.07, 6.45) is 1.50. The van der Waals surface area contributed by atoms with Gasteiger partial charge in [-0.3, -0.25) is 0 Å². The van der Waals surface area contributed by atoms with Crippen LogP contribution in [0.3, 0.4) is 0 Å². The summed E-state index contributed by atoms with van der Waals surface area (Å²) in [6, 6.07) is 0. The quantitative estimate of drug-likeness (QED) is 0.632. The zero-order valence-electron chi connectivity index (χ0n) is 9.70. The van der Waals surface area contributed by atoms with Crippen molar-refractivity contribution in [3.05, 3.63) is 32.5 Å². The Kier molecular flexibility index (Phi) is 3.41. The third-order valence-electron chi connectivity index (χ3n) is 2.15. The minimum atomic E-state index is -0.559. The van der Waals surface area contributed by atoms with Crippen LogP contribution in [-0.2, 0) is 6.54 Å². The largest absolute Gasteiger partial charge is 0.404 e. The van der Waals surface area contributed by atoms with Crippen LogP contribution in [-0.4, -0.2) is 24.8 Å². The van der Waals surface area contributed by atoms with E-state index < -0.39 is 4.92 Å². The molecule has 0 aliphatic rings. The van der Waals surface area contributed by atoms with E-state index in [1.807, 2.05) is 13.8 Å². The highest BCUT2D eigenvalue weighted by atomic mass is 79.9. The number of hydrogen-bond donors (Lipinski definition) is 0. The van der Waals surface area contributed by atoms with Crippen molar-refractivity contribution >= 4 is 21.7 Å². The van der Waals surface area contributed by atoms with Gasteiger partial charge in [0.05, 0.1) is 11.3 Å². The average molecular weight is 316 g/mol. The number of halogens is 1. The van der Waals surface area contributed by atoms with Gasteiger partial charge in [-0.2, -0.15) is 9.67 Å². The van der Waals surface area contributed by atoms with Gasteiger partial charge in [-0.1, -0.05) is 19.0 Å². The number of nitro groups is 1. The molecule has 2 heterocycles. The molecule has 0 atom stereocenters. The molecule has 8 nitrogen and oxygen atoms in total. The molecule has 0 saturated heterocycles. The summed E-state index contributed by atoms with van der Waals surface area (Å²) >= 11 is 3.07. The molecule has 0 radical (unpaired) electrons. The van der Waals surface area contributed by atoms with E-state index in [-0.39, 0.29) is 18.3 Å². The molecular weight excluding hydrogens is 306 g/mol. The molecule has 0 aliphatic heterocycles. The van der Waals surface area contributed by atoms with Crippen LogP contribution in [0.1, 0.15) is 31.5 Å². The summed E-state index contributed by atoms with van der Waals surface area (Å²) in [6.45, 7) is 4.10. The lowest BCUT2D eigenvalue weighted by molar-refractivity contribution is -0.390. The van der Waals surface area contributed by atoms with Gasteiger partial charge in [-0.05, 0) is 20.9 Å². The van der Waals surface area contributed by atoms with Crippen LogP contribution in [0.25, 0.3) is 0 Å². The van der Waals surface area contributed by atoms with Gasteiger partial charge in [0.25, 0.3) is 0 Å². The smallest absolute Gasteiger partial charge is 0.358 e.